The SMILES string of the molecule is COCCN(CCC#N)c1ccc(C(=O)OC)cc1N. The monoisotopic (exact) mass is 277 g/mol. The average molecular weight is 277 g/mol. The summed E-state index contributed by atoms with van der Waals surface area (Å²) in [4.78, 5) is 13.4. The van der Waals surface area contributed by atoms with Crippen molar-refractivity contribution in [2.45, 2.75) is 6.42 Å². The van der Waals surface area contributed by atoms with Crippen LogP contribution in [-0.4, -0.2) is 39.9 Å². The zero-order chi connectivity index (χ0) is 15.0. The molecule has 0 unspecified atom stereocenters. The van der Waals surface area contributed by atoms with Gasteiger partial charge in [0.2, 0.25) is 0 Å². The van der Waals surface area contributed by atoms with E-state index >= 15 is 0 Å². The fraction of sp³-hybridized carbons (Fsp3) is 0.429. The molecule has 6 heteroatoms. The van der Waals surface area contributed by atoms with Crippen molar-refractivity contribution in [3.05, 3.63) is 23.8 Å². The van der Waals surface area contributed by atoms with Gasteiger partial charge in [0, 0.05) is 20.2 Å². The lowest BCUT2D eigenvalue weighted by atomic mass is 10.1. The Kier molecular flexibility index (Phi) is 6.33. The van der Waals surface area contributed by atoms with E-state index in [-0.39, 0.29) is 0 Å². The van der Waals surface area contributed by atoms with Gasteiger partial charge in [-0.2, -0.15) is 5.26 Å². The number of benzene rings is 1. The summed E-state index contributed by atoms with van der Waals surface area (Å²) in [6.07, 6.45) is 0.391. The molecule has 0 aromatic heterocycles. The number of methoxy groups -OCH3 is 2. The van der Waals surface area contributed by atoms with Crippen LogP contribution < -0.4 is 10.6 Å². The Balaban J connectivity index is 2.95. The summed E-state index contributed by atoms with van der Waals surface area (Å²) in [6.45, 7) is 1.71. The standard InChI is InChI=1S/C14H19N3O3/c1-19-9-8-17(7-3-6-15)13-5-4-11(10-12(13)16)14(18)20-2/h4-5,10H,3,7-9,16H2,1-2H3. The number of nitrogens with zero attached hydrogens (tertiary/aromatic N) is 2. The van der Waals surface area contributed by atoms with Crippen LogP contribution in [0.15, 0.2) is 18.2 Å². The lowest BCUT2D eigenvalue weighted by Gasteiger charge is -2.25. The highest BCUT2D eigenvalue weighted by molar-refractivity contribution is 5.91. The molecule has 108 valence electrons. The summed E-state index contributed by atoms with van der Waals surface area (Å²) in [7, 11) is 2.94. The summed E-state index contributed by atoms with van der Waals surface area (Å²) in [5, 5.41) is 8.71. The fourth-order valence-electron chi connectivity index (χ4n) is 1.83. The van der Waals surface area contributed by atoms with Gasteiger partial charge in [0.1, 0.15) is 0 Å². The minimum Gasteiger partial charge on any atom is -0.465 e. The third kappa shape index (κ3) is 4.14. The number of rotatable bonds is 7. The topological polar surface area (TPSA) is 88.6 Å². The smallest absolute Gasteiger partial charge is 0.337 e. The van der Waals surface area contributed by atoms with E-state index < -0.39 is 5.97 Å². The van der Waals surface area contributed by atoms with Gasteiger partial charge in [0.15, 0.2) is 0 Å². The first-order chi connectivity index (χ1) is 9.63. The number of nitrogens with two attached hydrogens (primary N) is 1. The Bertz CT molecular complexity index is 497. The molecule has 20 heavy (non-hydrogen) atoms. The molecule has 6 nitrogen and oxygen atoms in total. The number of nitrogen functional groups attached to an aromatic ring is 1. The van der Waals surface area contributed by atoms with Crippen molar-refractivity contribution in [1.29, 1.82) is 5.26 Å². The summed E-state index contributed by atoms with van der Waals surface area (Å²) in [6, 6.07) is 7.10. The molecule has 0 heterocycles. The van der Waals surface area contributed by atoms with Crippen molar-refractivity contribution in [3.8, 4) is 6.07 Å². The van der Waals surface area contributed by atoms with Crippen LogP contribution in [0, 0.1) is 11.3 Å². The van der Waals surface area contributed by atoms with Crippen molar-refractivity contribution in [2.24, 2.45) is 0 Å². The number of anilines is 2. The van der Waals surface area contributed by atoms with E-state index in [9.17, 15) is 4.79 Å². The van der Waals surface area contributed by atoms with Crippen LogP contribution >= 0.6 is 0 Å². The zero-order valence-electron chi connectivity index (χ0n) is 11.8. The van der Waals surface area contributed by atoms with Gasteiger partial charge in [0.05, 0.1) is 43.1 Å². The van der Waals surface area contributed by atoms with Crippen molar-refractivity contribution < 1.29 is 14.3 Å². The second kappa shape index (κ2) is 8.02. The molecule has 1 aromatic rings. The van der Waals surface area contributed by atoms with Crippen molar-refractivity contribution >= 4 is 17.3 Å². The fourth-order valence-corrected chi connectivity index (χ4v) is 1.83. The first-order valence-electron chi connectivity index (χ1n) is 6.22. The molecule has 0 radical (unpaired) electrons. The highest BCUT2D eigenvalue weighted by atomic mass is 16.5. The van der Waals surface area contributed by atoms with Crippen molar-refractivity contribution in [2.75, 3.05) is 44.5 Å². The number of nitriles is 1. The van der Waals surface area contributed by atoms with Crippen LogP contribution in [0.2, 0.25) is 0 Å². The number of esters is 1. The largest absolute Gasteiger partial charge is 0.465 e. The van der Waals surface area contributed by atoms with Crippen molar-refractivity contribution in [1.82, 2.24) is 0 Å². The minimum absolute atomic E-state index is 0.391. The minimum atomic E-state index is -0.427. The van der Waals surface area contributed by atoms with Gasteiger partial charge < -0.3 is 20.1 Å². The quantitative estimate of drug-likeness (QED) is 0.599. The Hall–Kier alpha value is -2.26. The van der Waals surface area contributed by atoms with Crippen LogP contribution in [-0.2, 0) is 9.47 Å². The van der Waals surface area contributed by atoms with Crippen LogP contribution in [0.25, 0.3) is 0 Å². The summed E-state index contributed by atoms with van der Waals surface area (Å²) in [5.41, 5.74) is 7.64. The lowest BCUT2D eigenvalue weighted by Crippen LogP contribution is -2.29. The maximum Gasteiger partial charge on any atom is 0.337 e. The second-order valence-corrected chi connectivity index (χ2v) is 4.15. The number of carbonyl (C=O) groups excluding carboxylic acids is 1. The molecule has 0 saturated heterocycles. The molecule has 0 aliphatic heterocycles. The molecular weight excluding hydrogens is 258 g/mol. The van der Waals surface area contributed by atoms with Gasteiger partial charge in [0.25, 0.3) is 0 Å². The lowest BCUT2D eigenvalue weighted by molar-refractivity contribution is 0.0601. The van der Waals surface area contributed by atoms with E-state index in [2.05, 4.69) is 10.8 Å². The van der Waals surface area contributed by atoms with E-state index in [4.69, 9.17) is 15.7 Å². The summed E-state index contributed by atoms with van der Waals surface area (Å²) >= 11 is 0. The van der Waals surface area contributed by atoms with Gasteiger partial charge in [-0.3, -0.25) is 0 Å². The molecule has 1 rings (SSSR count). The predicted octanol–water partition coefficient (Wildman–Crippen LogP) is 1.42. The normalized spacial score (nSPS) is 9.85. The van der Waals surface area contributed by atoms with Gasteiger partial charge in [-0.05, 0) is 18.2 Å². The molecule has 1 aromatic carbocycles. The first kappa shape index (κ1) is 15.8. The van der Waals surface area contributed by atoms with Crippen molar-refractivity contribution in [3.63, 3.8) is 0 Å². The van der Waals surface area contributed by atoms with Gasteiger partial charge in [-0.1, -0.05) is 0 Å². The van der Waals surface area contributed by atoms with Crippen LogP contribution in [0.5, 0.6) is 0 Å². The number of hydrogen-bond acceptors (Lipinski definition) is 6. The van der Waals surface area contributed by atoms with E-state index in [0.717, 1.165) is 5.69 Å². The third-order valence-corrected chi connectivity index (χ3v) is 2.85. The first-order valence-corrected chi connectivity index (χ1v) is 6.22. The molecule has 0 bridgehead atoms. The predicted molar refractivity (Wildman–Crippen MR) is 76.5 cm³/mol. The Morgan fingerprint density at radius 2 is 2.15 bits per heavy atom. The molecule has 0 spiro atoms. The van der Waals surface area contributed by atoms with Gasteiger partial charge in [-0.25, -0.2) is 4.79 Å². The highest BCUT2D eigenvalue weighted by Gasteiger charge is 2.13. The highest BCUT2D eigenvalue weighted by Crippen LogP contribution is 2.25. The van der Waals surface area contributed by atoms with Gasteiger partial charge >= 0.3 is 5.97 Å². The summed E-state index contributed by atoms with van der Waals surface area (Å²) < 4.78 is 9.70. The van der Waals surface area contributed by atoms with E-state index in [1.807, 2.05) is 4.90 Å². The number of hydrogen-bond donors (Lipinski definition) is 1. The van der Waals surface area contributed by atoms with E-state index in [0.29, 0.717) is 37.4 Å². The molecule has 2 N–H and O–H groups in total. The Morgan fingerprint density at radius 3 is 2.70 bits per heavy atom. The molecule has 0 amide bonds. The molecular formula is C14H19N3O3. The maximum absolute atomic E-state index is 11.4. The Morgan fingerprint density at radius 1 is 1.40 bits per heavy atom. The van der Waals surface area contributed by atoms with Gasteiger partial charge in [-0.15, -0.1) is 0 Å². The molecule has 0 saturated carbocycles. The van der Waals surface area contributed by atoms with Crippen LogP contribution in [0.3, 0.4) is 0 Å². The molecule has 0 atom stereocenters. The zero-order valence-corrected chi connectivity index (χ0v) is 11.8. The number of ether oxygens (including phenoxy) is 2. The maximum atomic E-state index is 11.4. The second-order valence-electron chi connectivity index (χ2n) is 4.15. The summed E-state index contributed by atoms with van der Waals surface area (Å²) in [5.74, 6) is -0.427. The third-order valence-electron chi connectivity index (χ3n) is 2.85. The average Bonchev–Trinajstić information content (AvgIpc) is 2.47. The molecule has 0 aliphatic carbocycles. The number of carbonyl (C=O) groups is 1. The molecule has 0 aliphatic rings. The van der Waals surface area contributed by atoms with E-state index in [1.165, 1.54) is 7.11 Å². The van der Waals surface area contributed by atoms with E-state index in [1.54, 1.807) is 25.3 Å². The Labute approximate surface area is 118 Å². The van der Waals surface area contributed by atoms with Crippen LogP contribution in [0.4, 0.5) is 11.4 Å². The molecule has 0 fully saturated rings. The van der Waals surface area contributed by atoms with Crippen LogP contribution in [0.1, 0.15) is 16.8 Å².